The number of amides is 1. The lowest BCUT2D eigenvalue weighted by Crippen LogP contribution is -2.47. The molecule has 25 heavy (non-hydrogen) atoms. The Morgan fingerprint density at radius 3 is 2.96 bits per heavy atom. The van der Waals surface area contributed by atoms with Crippen molar-refractivity contribution in [3.05, 3.63) is 52.6 Å². The molecule has 1 saturated heterocycles. The topological polar surface area (TPSA) is 61.0 Å². The molecular formula is C19H25FN4O. The van der Waals surface area contributed by atoms with Crippen LogP contribution in [-0.2, 0) is 13.0 Å². The zero-order chi connectivity index (χ0) is 17.8. The number of nitrogens with zero attached hydrogens (tertiary/aromatic N) is 2. The number of rotatable bonds is 5. The number of halogens is 1. The number of benzene rings is 1. The van der Waals surface area contributed by atoms with E-state index in [0.717, 1.165) is 43.6 Å². The highest BCUT2D eigenvalue weighted by atomic mass is 19.1. The van der Waals surface area contributed by atoms with Crippen molar-refractivity contribution in [2.45, 2.75) is 45.7 Å². The molecule has 3 rings (SSSR count). The van der Waals surface area contributed by atoms with Crippen molar-refractivity contribution < 1.29 is 9.18 Å². The summed E-state index contributed by atoms with van der Waals surface area (Å²) in [6.07, 6.45) is 2.74. The van der Waals surface area contributed by atoms with Gasteiger partial charge >= 0.3 is 0 Å². The van der Waals surface area contributed by atoms with Gasteiger partial charge in [-0.2, -0.15) is 5.10 Å². The van der Waals surface area contributed by atoms with Gasteiger partial charge in [-0.3, -0.25) is 14.8 Å². The van der Waals surface area contributed by atoms with E-state index in [9.17, 15) is 9.18 Å². The van der Waals surface area contributed by atoms with Crippen LogP contribution in [0.4, 0.5) is 4.39 Å². The molecule has 0 unspecified atom stereocenters. The van der Waals surface area contributed by atoms with Gasteiger partial charge in [0, 0.05) is 36.0 Å². The van der Waals surface area contributed by atoms with E-state index in [1.807, 2.05) is 26.0 Å². The average Bonchev–Trinajstić information content (AvgIpc) is 2.98. The van der Waals surface area contributed by atoms with Crippen molar-refractivity contribution in [2.75, 3.05) is 13.1 Å². The lowest BCUT2D eigenvalue weighted by molar-refractivity contribution is 0.0894. The maximum absolute atomic E-state index is 13.8. The molecule has 1 fully saturated rings. The van der Waals surface area contributed by atoms with Crippen LogP contribution in [0.5, 0.6) is 0 Å². The molecule has 0 aliphatic carbocycles. The van der Waals surface area contributed by atoms with E-state index in [4.69, 9.17) is 0 Å². The molecule has 0 spiro atoms. The molecule has 1 atom stereocenters. The van der Waals surface area contributed by atoms with Crippen LogP contribution >= 0.6 is 0 Å². The van der Waals surface area contributed by atoms with Gasteiger partial charge in [0.2, 0.25) is 0 Å². The van der Waals surface area contributed by atoms with Gasteiger partial charge in [0.1, 0.15) is 5.82 Å². The number of H-pyrrole nitrogens is 1. The summed E-state index contributed by atoms with van der Waals surface area (Å²) < 4.78 is 13.8. The third-order valence-corrected chi connectivity index (χ3v) is 4.87. The standard InChI is InChI=1S/C19H25FN4O/c1-3-17-13(2)18(23-22-17)19(25)21-15-8-6-10-24(12-15)11-14-7-4-5-9-16(14)20/h4-5,7,9,15H,3,6,8,10-12H2,1-2H3,(H,21,25)(H,22,23)/t15-/m0/s1. The van der Waals surface area contributed by atoms with Crippen LogP contribution in [0.25, 0.3) is 0 Å². The number of aromatic amines is 1. The maximum Gasteiger partial charge on any atom is 0.272 e. The molecular weight excluding hydrogens is 319 g/mol. The number of piperidine rings is 1. The van der Waals surface area contributed by atoms with E-state index < -0.39 is 0 Å². The van der Waals surface area contributed by atoms with E-state index in [1.54, 1.807) is 6.07 Å². The summed E-state index contributed by atoms with van der Waals surface area (Å²) in [4.78, 5) is 14.7. The molecule has 0 saturated carbocycles. The van der Waals surface area contributed by atoms with Crippen molar-refractivity contribution in [1.82, 2.24) is 20.4 Å². The second-order valence-corrected chi connectivity index (χ2v) is 6.67. The Hall–Kier alpha value is -2.21. The zero-order valence-corrected chi connectivity index (χ0v) is 14.8. The second kappa shape index (κ2) is 7.78. The van der Waals surface area contributed by atoms with Crippen LogP contribution in [0, 0.1) is 12.7 Å². The summed E-state index contributed by atoms with van der Waals surface area (Å²) in [7, 11) is 0. The number of likely N-dealkylation sites (tertiary alicyclic amines) is 1. The first kappa shape index (κ1) is 17.6. The summed E-state index contributed by atoms with van der Waals surface area (Å²) in [5, 5.41) is 10.2. The first-order valence-electron chi connectivity index (χ1n) is 8.89. The Morgan fingerprint density at radius 1 is 1.44 bits per heavy atom. The Balaban J connectivity index is 1.60. The van der Waals surface area contributed by atoms with Gasteiger partial charge in [0.05, 0.1) is 0 Å². The van der Waals surface area contributed by atoms with Crippen molar-refractivity contribution in [2.24, 2.45) is 0 Å². The molecule has 2 aromatic rings. The predicted molar refractivity (Wildman–Crippen MR) is 94.9 cm³/mol. The molecule has 1 aromatic heterocycles. The minimum Gasteiger partial charge on any atom is -0.347 e. The van der Waals surface area contributed by atoms with Crippen LogP contribution in [-0.4, -0.2) is 40.1 Å². The Kier molecular flexibility index (Phi) is 5.48. The van der Waals surface area contributed by atoms with Gasteiger partial charge in [-0.15, -0.1) is 0 Å². The lowest BCUT2D eigenvalue weighted by atomic mass is 10.0. The summed E-state index contributed by atoms with van der Waals surface area (Å²) in [5.74, 6) is -0.306. The van der Waals surface area contributed by atoms with Gasteiger partial charge in [0.25, 0.3) is 5.91 Å². The van der Waals surface area contributed by atoms with Crippen LogP contribution in [0.1, 0.15) is 47.1 Å². The summed E-state index contributed by atoms with van der Waals surface area (Å²) in [6.45, 7) is 6.17. The highest BCUT2D eigenvalue weighted by Gasteiger charge is 2.24. The van der Waals surface area contributed by atoms with Crippen molar-refractivity contribution in [3.8, 4) is 0 Å². The van der Waals surface area contributed by atoms with E-state index >= 15 is 0 Å². The normalized spacial score (nSPS) is 18.3. The Labute approximate surface area is 147 Å². The third kappa shape index (κ3) is 4.07. The number of hydrogen-bond donors (Lipinski definition) is 2. The van der Waals surface area contributed by atoms with Crippen molar-refractivity contribution in [3.63, 3.8) is 0 Å². The van der Waals surface area contributed by atoms with Crippen LogP contribution < -0.4 is 5.32 Å². The molecule has 1 aromatic carbocycles. The molecule has 1 aliphatic heterocycles. The molecule has 2 N–H and O–H groups in total. The first-order chi connectivity index (χ1) is 12.1. The number of aryl methyl sites for hydroxylation is 1. The van der Waals surface area contributed by atoms with E-state index in [0.29, 0.717) is 17.8 Å². The highest BCUT2D eigenvalue weighted by Crippen LogP contribution is 2.17. The number of aromatic nitrogens is 2. The van der Waals surface area contributed by atoms with Gasteiger partial charge in [-0.1, -0.05) is 25.1 Å². The zero-order valence-electron chi connectivity index (χ0n) is 14.8. The summed E-state index contributed by atoms with van der Waals surface area (Å²) >= 11 is 0. The minimum atomic E-state index is -0.173. The number of carbonyl (C=O) groups is 1. The highest BCUT2D eigenvalue weighted by molar-refractivity contribution is 5.94. The van der Waals surface area contributed by atoms with Crippen LogP contribution in [0.15, 0.2) is 24.3 Å². The molecule has 1 amide bonds. The predicted octanol–water partition coefficient (Wildman–Crippen LogP) is 2.81. The average molecular weight is 344 g/mol. The smallest absolute Gasteiger partial charge is 0.272 e. The Bertz CT molecular complexity index is 743. The third-order valence-electron chi connectivity index (χ3n) is 4.87. The van der Waals surface area contributed by atoms with Gasteiger partial charge in [-0.05, 0) is 38.8 Å². The summed E-state index contributed by atoms with van der Waals surface area (Å²) in [5.41, 5.74) is 3.09. The number of hydrogen-bond acceptors (Lipinski definition) is 3. The van der Waals surface area contributed by atoms with Gasteiger partial charge in [0.15, 0.2) is 5.69 Å². The monoisotopic (exact) mass is 344 g/mol. The molecule has 5 nitrogen and oxygen atoms in total. The molecule has 134 valence electrons. The summed E-state index contributed by atoms with van der Waals surface area (Å²) in [6, 6.07) is 6.93. The van der Waals surface area contributed by atoms with E-state index in [2.05, 4.69) is 20.4 Å². The quantitative estimate of drug-likeness (QED) is 0.877. The Morgan fingerprint density at radius 2 is 2.24 bits per heavy atom. The first-order valence-corrected chi connectivity index (χ1v) is 8.89. The van der Waals surface area contributed by atoms with Crippen molar-refractivity contribution >= 4 is 5.91 Å². The van der Waals surface area contributed by atoms with E-state index in [1.165, 1.54) is 6.07 Å². The number of nitrogens with one attached hydrogen (secondary N) is 2. The van der Waals surface area contributed by atoms with E-state index in [-0.39, 0.29) is 17.8 Å². The van der Waals surface area contributed by atoms with Crippen LogP contribution in [0.3, 0.4) is 0 Å². The minimum absolute atomic E-state index is 0.0641. The molecule has 6 heteroatoms. The van der Waals surface area contributed by atoms with Gasteiger partial charge in [-0.25, -0.2) is 4.39 Å². The van der Waals surface area contributed by atoms with Crippen molar-refractivity contribution in [1.29, 1.82) is 0 Å². The largest absolute Gasteiger partial charge is 0.347 e. The molecule has 0 radical (unpaired) electrons. The lowest BCUT2D eigenvalue weighted by Gasteiger charge is -2.33. The number of carbonyl (C=O) groups excluding carboxylic acids is 1. The van der Waals surface area contributed by atoms with Crippen LogP contribution in [0.2, 0.25) is 0 Å². The SMILES string of the molecule is CCc1[nH]nc(C(=O)N[C@H]2CCCN(Cc3ccccc3F)C2)c1C. The maximum atomic E-state index is 13.8. The fraction of sp³-hybridized carbons (Fsp3) is 0.474. The second-order valence-electron chi connectivity index (χ2n) is 6.67. The van der Waals surface area contributed by atoms with Gasteiger partial charge < -0.3 is 5.32 Å². The fourth-order valence-corrected chi connectivity index (χ4v) is 3.44. The molecule has 2 heterocycles. The fourth-order valence-electron chi connectivity index (χ4n) is 3.44. The molecule has 0 bridgehead atoms. The molecule has 1 aliphatic rings.